The third-order valence-corrected chi connectivity index (χ3v) is 5.54. The van der Waals surface area contributed by atoms with E-state index in [9.17, 15) is 0 Å². The molecule has 3 heterocycles. The number of hydrogen-bond donors (Lipinski definition) is 0. The Kier molecular flexibility index (Phi) is 4.59. The smallest absolute Gasteiger partial charge is 0.227 e. The highest BCUT2D eigenvalue weighted by Crippen LogP contribution is 2.35. The molecule has 4 nitrogen and oxygen atoms in total. The van der Waals surface area contributed by atoms with Crippen LogP contribution in [0.5, 0.6) is 5.75 Å². The van der Waals surface area contributed by atoms with Crippen LogP contribution < -0.4 is 4.74 Å². The monoisotopic (exact) mass is 354 g/mol. The molecular formula is C20H22N2O2S. The molecule has 0 bridgehead atoms. The average Bonchev–Trinajstić information content (AvgIpc) is 3.37. The number of aryl methyl sites for hydroxylation is 1. The van der Waals surface area contributed by atoms with Crippen molar-refractivity contribution in [2.45, 2.75) is 32.4 Å². The number of methoxy groups -OCH3 is 1. The van der Waals surface area contributed by atoms with E-state index in [1.54, 1.807) is 18.4 Å². The van der Waals surface area contributed by atoms with Gasteiger partial charge in [0.1, 0.15) is 11.5 Å². The van der Waals surface area contributed by atoms with Crippen molar-refractivity contribution in [1.82, 2.24) is 9.88 Å². The van der Waals surface area contributed by atoms with E-state index in [0.717, 1.165) is 41.7 Å². The minimum Gasteiger partial charge on any atom is -0.497 e. The molecule has 1 atom stereocenters. The third-order valence-electron chi connectivity index (χ3n) is 4.86. The SMILES string of the molecule is COc1cccc(C2CCCN2Cc2nc(-c3ccsc3)oc2C)c1. The number of rotatable bonds is 5. The van der Waals surface area contributed by atoms with Crippen molar-refractivity contribution in [1.29, 1.82) is 0 Å². The van der Waals surface area contributed by atoms with Gasteiger partial charge in [-0.2, -0.15) is 11.3 Å². The summed E-state index contributed by atoms with van der Waals surface area (Å²) in [7, 11) is 1.72. The summed E-state index contributed by atoms with van der Waals surface area (Å²) >= 11 is 1.66. The molecule has 130 valence electrons. The van der Waals surface area contributed by atoms with Gasteiger partial charge in [-0.25, -0.2) is 4.98 Å². The summed E-state index contributed by atoms with van der Waals surface area (Å²) in [6, 6.07) is 10.9. The minimum absolute atomic E-state index is 0.413. The lowest BCUT2D eigenvalue weighted by Crippen LogP contribution is -2.23. The molecule has 0 amide bonds. The van der Waals surface area contributed by atoms with Gasteiger partial charge in [-0.3, -0.25) is 4.90 Å². The standard InChI is InChI=1S/C20H22N2O2S/c1-14-18(21-20(24-14)16-8-10-25-13-16)12-22-9-4-7-19(22)15-5-3-6-17(11-15)23-2/h3,5-6,8,10-11,13,19H,4,7,9,12H2,1-2H3. The average molecular weight is 354 g/mol. The molecule has 0 aliphatic carbocycles. The second-order valence-electron chi connectivity index (χ2n) is 6.44. The summed E-state index contributed by atoms with van der Waals surface area (Å²) in [5, 5.41) is 4.12. The fourth-order valence-corrected chi connectivity index (χ4v) is 4.15. The molecule has 1 unspecified atom stereocenters. The number of hydrogen-bond acceptors (Lipinski definition) is 5. The van der Waals surface area contributed by atoms with Crippen LogP contribution in [0.25, 0.3) is 11.5 Å². The number of nitrogens with zero attached hydrogens (tertiary/aromatic N) is 2. The van der Waals surface area contributed by atoms with Crippen LogP contribution in [0.2, 0.25) is 0 Å². The molecule has 2 aromatic heterocycles. The van der Waals surface area contributed by atoms with Gasteiger partial charge in [0.05, 0.1) is 12.8 Å². The van der Waals surface area contributed by atoms with Crippen LogP contribution in [0.15, 0.2) is 45.5 Å². The van der Waals surface area contributed by atoms with Crippen LogP contribution in [0.3, 0.4) is 0 Å². The molecule has 0 radical (unpaired) electrons. The normalized spacial score (nSPS) is 17.9. The van der Waals surface area contributed by atoms with E-state index in [1.807, 2.05) is 18.4 Å². The lowest BCUT2D eigenvalue weighted by atomic mass is 10.0. The van der Waals surface area contributed by atoms with Crippen molar-refractivity contribution in [2.24, 2.45) is 0 Å². The van der Waals surface area contributed by atoms with Gasteiger partial charge < -0.3 is 9.15 Å². The van der Waals surface area contributed by atoms with E-state index in [0.29, 0.717) is 6.04 Å². The molecule has 1 fully saturated rings. The van der Waals surface area contributed by atoms with E-state index in [1.165, 1.54) is 18.4 Å². The van der Waals surface area contributed by atoms with Gasteiger partial charge in [0.2, 0.25) is 5.89 Å². The highest BCUT2D eigenvalue weighted by molar-refractivity contribution is 7.08. The lowest BCUT2D eigenvalue weighted by Gasteiger charge is -2.24. The summed E-state index contributed by atoms with van der Waals surface area (Å²) in [6.07, 6.45) is 2.37. The number of thiophene rings is 1. The minimum atomic E-state index is 0.413. The van der Waals surface area contributed by atoms with Crippen molar-refractivity contribution < 1.29 is 9.15 Å². The highest BCUT2D eigenvalue weighted by atomic mass is 32.1. The Hall–Kier alpha value is -2.11. The largest absolute Gasteiger partial charge is 0.497 e. The van der Waals surface area contributed by atoms with Crippen molar-refractivity contribution in [2.75, 3.05) is 13.7 Å². The van der Waals surface area contributed by atoms with Crippen LogP contribution >= 0.6 is 11.3 Å². The van der Waals surface area contributed by atoms with Crippen molar-refractivity contribution >= 4 is 11.3 Å². The summed E-state index contributed by atoms with van der Waals surface area (Å²) in [6.45, 7) is 3.91. The molecule has 0 N–H and O–H groups in total. The number of benzene rings is 1. The zero-order valence-electron chi connectivity index (χ0n) is 14.6. The maximum atomic E-state index is 5.90. The molecule has 1 aliphatic rings. The molecule has 0 spiro atoms. The van der Waals surface area contributed by atoms with Crippen LogP contribution in [-0.2, 0) is 6.54 Å². The molecular weight excluding hydrogens is 332 g/mol. The molecule has 25 heavy (non-hydrogen) atoms. The van der Waals surface area contributed by atoms with E-state index < -0.39 is 0 Å². The third kappa shape index (κ3) is 3.34. The van der Waals surface area contributed by atoms with Gasteiger partial charge in [0.25, 0.3) is 0 Å². The summed E-state index contributed by atoms with van der Waals surface area (Å²) in [5.41, 5.74) is 3.41. The predicted molar refractivity (Wildman–Crippen MR) is 99.9 cm³/mol. The van der Waals surface area contributed by atoms with Gasteiger partial charge >= 0.3 is 0 Å². The second-order valence-corrected chi connectivity index (χ2v) is 7.22. The molecule has 5 heteroatoms. The van der Waals surface area contributed by atoms with Crippen LogP contribution in [-0.4, -0.2) is 23.5 Å². The number of ether oxygens (including phenoxy) is 1. The first kappa shape index (κ1) is 16.4. The maximum absolute atomic E-state index is 5.90. The first-order chi connectivity index (χ1) is 12.2. The van der Waals surface area contributed by atoms with E-state index >= 15 is 0 Å². The Labute approximate surface area is 152 Å². The fraction of sp³-hybridized carbons (Fsp3) is 0.350. The summed E-state index contributed by atoms with van der Waals surface area (Å²) < 4.78 is 11.3. The first-order valence-electron chi connectivity index (χ1n) is 8.61. The lowest BCUT2D eigenvalue weighted by molar-refractivity contribution is 0.244. The predicted octanol–water partition coefficient (Wildman–Crippen LogP) is 5.06. The Morgan fingerprint density at radius 1 is 1.36 bits per heavy atom. The Morgan fingerprint density at radius 2 is 2.28 bits per heavy atom. The number of oxazole rings is 1. The molecule has 3 aromatic rings. The van der Waals surface area contributed by atoms with Gasteiger partial charge in [-0.1, -0.05) is 12.1 Å². The van der Waals surface area contributed by atoms with Crippen molar-refractivity contribution in [3.63, 3.8) is 0 Å². The first-order valence-corrected chi connectivity index (χ1v) is 9.56. The molecule has 1 aromatic carbocycles. The van der Waals surface area contributed by atoms with Gasteiger partial charge in [0.15, 0.2) is 0 Å². The van der Waals surface area contributed by atoms with Crippen molar-refractivity contribution in [3.05, 3.63) is 58.1 Å². The molecule has 0 saturated carbocycles. The van der Waals surface area contributed by atoms with E-state index in [4.69, 9.17) is 14.1 Å². The number of aromatic nitrogens is 1. The second kappa shape index (κ2) is 7.02. The maximum Gasteiger partial charge on any atom is 0.227 e. The highest BCUT2D eigenvalue weighted by Gasteiger charge is 2.28. The Balaban J connectivity index is 1.55. The summed E-state index contributed by atoms with van der Waals surface area (Å²) in [5.74, 6) is 2.56. The molecule has 4 rings (SSSR count). The quantitative estimate of drug-likeness (QED) is 0.642. The fourth-order valence-electron chi connectivity index (χ4n) is 3.52. The van der Waals surface area contributed by atoms with Crippen molar-refractivity contribution in [3.8, 4) is 17.2 Å². The Morgan fingerprint density at radius 3 is 3.08 bits per heavy atom. The van der Waals surface area contributed by atoms with Gasteiger partial charge in [0, 0.05) is 23.5 Å². The topological polar surface area (TPSA) is 38.5 Å². The van der Waals surface area contributed by atoms with Crippen LogP contribution in [0.4, 0.5) is 0 Å². The van der Waals surface area contributed by atoms with Gasteiger partial charge in [-0.05, 0) is 55.5 Å². The van der Waals surface area contributed by atoms with Crippen LogP contribution in [0, 0.1) is 6.92 Å². The van der Waals surface area contributed by atoms with Crippen LogP contribution in [0.1, 0.15) is 35.9 Å². The summed E-state index contributed by atoms with van der Waals surface area (Å²) in [4.78, 5) is 7.25. The molecule has 1 saturated heterocycles. The van der Waals surface area contributed by atoms with Gasteiger partial charge in [-0.15, -0.1) is 0 Å². The zero-order valence-corrected chi connectivity index (χ0v) is 15.4. The number of likely N-dealkylation sites (tertiary alicyclic amines) is 1. The van der Waals surface area contributed by atoms with E-state index in [2.05, 4.69) is 34.5 Å². The Bertz CT molecular complexity index is 841. The zero-order chi connectivity index (χ0) is 17.2. The molecule has 1 aliphatic heterocycles. The van der Waals surface area contributed by atoms with E-state index in [-0.39, 0.29) is 0 Å².